The van der Waals surface area contributed by atoms with Gasteiger partial charge in [0.1, 0.15) is 10.6 Å². The van der Waals surface area contributed by atoms with Crippen LogP contribution < -0.4 is 16.8 Å². The van der Waals surface area contributed by atoms with Crippen molar-refractivity contribution in [3.63, 3.8) is 0 Å². The molecule has 0 aliphatic carbocycles. The van der Waals surface area contributed by atoms with E-state index in [1.54, 1.807) is 0 Å². The highest BCUT2D eigenvalue weighted by Gasteiger charge is 2.15. The summed E-state index contributed by atoms with van der Waals surface area (Å²) in [7, 11) is 0. The highest BCUT2D eigenvalue weighted by molar-refractivity contribution is 7.11. The third-order valence-corrected chi connectivity index (χ3v) is 2.52. The molecular formula is C8H14N4O2S. The number of hydrogen-bond acceptors (Lipinski definition) is 6. The van der Waals surface area contributed by atoms with E-state index in [1.165, 1.54) is 0 Å². The molecule has 0 atom stereocenters. The van der Waals surface area contributed by atoms with Crippen molar-refractivity contribution in [2.45, 2.75) is 6.92 Å². The molecule has 1 rings (SSSR count). The molecule has 0 bridgehead atoms. The Morgan fingerprint density at radius 1 is 1.67 bits per heavy atom. The molecule has 0 saturated heterocycles. The largest absolute Gasteiger partial charge is 0.382 e. The number of carbonyl (C=O) groups excluding carboxylic acids is 1. The second-order valence-electron chi connectivity index (χ2n) is 2.76. The second-order valence-corrected chi connectivity index (χ2v) is 3.53. The minimum absolute atomic E-state index is 0.173. The highest BCUT2D eigenvalue weighted by atomic mass is 32.1. The molecule has 5 N–H and O–H groups in total. The van der Waals surface area contributed by atoms with E-state index in [9.17, 15) is 4.79 Å². The maximum Gasteiger partial charge on any atom is 0.255 e. The molecule has 0 unspecified atom stereocenters. The fourth-order valence-electron chi connectivity index (χ4n) is 1.04. The number of nitrogens with one attached hydrogen (secondary N) is 1. The second kappa shape index (κ2) is 5.52. The lowest BCUT2D eigenvalue weighted by Crippen LogP contribution is -2.16. The van der Waals surface area contributed by atoms with Gasteiger partial charge in [0.05, 0.1) is 6.61 Å². The molecule has 7 heteroatoms. The summed E-state index contributed by atoms with van der Waals surface area (Å²) in [6.07, 6.45) is 0. The van der Waals surface area contributed by atoms with Crippen molar-refractivity contribution in [1.82, 2.24) is 4.37 Å². The third kappa shape index (κ3) is 3.07. The topological polar surface area (TPSA) is 103 Å². The van der Waals surface area contributed by atoms with Crippen LogP contribution in [0.4, 0.5) is 10.8 Å². The van der Waals surface area contributed by atoms with Crippen LogP contribution in [0, 0.1) is 0 Å². The molecule has 1 aromatic rings. The predicted molar refractivity (Wildman–Crippen MR) is 60.0 cm³/mol. The SMILES string of the molecule is CCOCCNc1snc(N)c1C(N)=O. The summed E-state index contributed by atoms with van der Waals surface area (Å²) in [5, 5.41) is 3.60. The van der Waals surface area contributed by atoms with Crippen molar-refractivity contribution in [2.24, 2.45) is 5.73 Å². The van der Waals surface area contributed by atoms with Crippen molar-refractivity contribution in [2.75, 3.05) is 30.8 Å². The van der Waals surface area contributed by atoms with Gasteiger partial charge in [-0.3, -0.25) is 4.79 Å². The van der Waals surface area contributed by atoms with Crippen LogP contribution in [-0.2, 0) is 4.74 Å². The Balaban J connectivity index is 2.57. The van der Waals surface area contributed by atoms with Gasteiger partial charge in [0, 0.05) is 13.2 Å². The number of nitrogens with two attached hydrogens (primary N) is 2. The Morgan fingerprint density at radius 3 is 3.00 bits per heavy atom. The average Bonchev–Trinajstić information content (AvgIpc) is 2.54. The van der Waals surface area contributed by atoms with Gasteiger partial charge in [0.25, 0.3) is 5.91 Å². The predicted octanol–water partition coefficient (Wildman–Crippen LogP) is 0.273. The number of hydrogen-bond donors (Lipinski definition) is 3. The van der Waals surface area contributed by atoms with Gasteiger partial charge < -0.3 is 21.5 Å². The lowest BCUT2D eigenvalue weighted by atomic mass is 10.3. The minimum atomic E-state index is -0.569. The van der Waals surface area contributed by atoms with Crippen molar-refractivity contribution in [1.29, 1.82) is 0 Å². The number of ether oxygens (including phenoxy) is 1. The summed E-state index contributed by atoms with van der Waals surface area (Å²) < 4.78 is 8.99. The summed E-state index contributed by atoms with van der Waals surface area (Å²) >= 11 is 1.12. The van der Waals surface area contributed by atoms with E-state index < -0.39 is 5.91 Å². The molecule has 0 fully saturated rings. The Labute approximate surface area is 91.8 Å². The summed E-state index contributed by atoms with van der Waals surface area (Å²) in [6.45, 7) is 3.73. The molecule has 0 radical (unpaired) electrons. The summed E-state index contributed by atoms with van der Waals surface area (Å²) in [6, 6.07) is 0. The summed E-state index contributed by atoms with van der Waals surface area (Å²) in [4.78, 5) is 11.0. The fraction of sp³-hybridized carbons (Fsp3) is 0.500. The average molecular weight is 230 g/mol. The molecule has 84 valence electrons. The maximum absolute atomic E-state index is 11.0. The van der Waals surface area contributed by atoms with Gasteiger partial charge in [-0.15, -0.1) is 0 Å². The monoisotopic (exact) mass is 230 g/mol. The van der Waals surface area contributed by atoms with E-state index in [1.807, 2.05) is 6.92 Å². The van der Waals surface area contributed by atoms with Crippen LogP contribution in [0.25, 0.3) is 0 Å². The number of nitrogen functional groups attached to an aromatic ring is 1. The van der Waals surface area contributed by atoms with Crippen LogP contribution in [0.5, 0.6) is 0 Å². The molecule has 0 aromatic carbocycles. The number of nitrogens with zero attached hydrogens (tertiary/aromatic N) is 1. The van der Waals surface area contributed by atoms with Gasteiger partial charge >= 0.3 is 0 Å². The molecule has 1 aromatic heterocycles. The van der Waals surface area contributed by atoms with Crippen molar-refractivity contribution >= 4 is 28.3 Å². The highest BCUT2D eigenvalue weighted by Crippen LogP contribution is 2.25. The molecule has 0 spiro atoms. The lowest BCUT2D eigenvalue weighted by molar-refractivity contribution is 0.100. The minimum Gasteiger partial charge on any atom is -0.382 e. The standard InChI is InChI=1S/C8H14N4O2S/c1-2-14-4-3-11-8-5(7(10)13)6(9)12-15-8/h11H,2-4H2,1H3,(H2,9,12)(H2,10,13). The number of amides is 1. The van der Waals surface area contributed by atoms with Gasteiger partial charge in [0.15, 0.2) is 5.82 Å². The molecule has 0 aliphatic rings. The van der Waals surface area contributed by atoms with E-state index in [0.717, 1.165) is 11.5 Å². The number of primary amides is 1. The zero-order valence-electron chi connectivity index (χ0n) is 8.45. The third-order valence-electron chi connectivity index (χ3n) is 1.70. The van der Waals surface area contributed by atoms with Gasteiger partial charge in [-0.25, -0.2) is 0 Å². The first kappa shape index (κ1) is 11.7. The Kier molecular flexibility index (Phi) is 4.32. The van der Waals surface area contributed by atoms with Gasteiger partial charge in [-0.2, -0.15) is 4.37 Å². The number of rotatable bonds is 6. The molecule has 0 saturated carbocycles. The van der Waals surface area contributed by atoms with Gasteiger partial charge in [-0.05, 0) is 18.5 Å². The summed E-state index contributed by atoms with van der Waals surface area (Å²) in [5.41, 5.74) is 10.9. The number of anilines is 2. The van der Waals surface area contributed by atoms with Crippen LogP contribution >= 0.6 is 11.5 Å². The Morgan fingerprint density at radius 2 is 2.40 bits per heavy atom. The molecule has 1 amide bonds. The number of carbonyl (C=O) groups is 1. The van der Waals surface area contributed by atoms with E-state index in [4.69, 9.17) is 16.2 Å². The zero-order valence-corrected chi connectivity index (χ0v) is 9.26. The molecule has 15 heavy (non-hydrogen) atoms. The van der Waals surface area contributed by atoms with E-state index in [2.05, 4.69) is 9.69 Å². The number of aromatic nitrogens is 1. The van der Waals surface area contributed by atoms with Gasteiger partial charge in [-0.1, -0.05) is 0 Å². The quantitative estimate of drug-likeness (QED) is 0.609. The van der Waals surface area contributed by atoms with Crippen LogP contribution in [-0.4, -0.2) is 30.0 Å². The maximum atomic E-state index is 11.0. The first-order chi connectivity index (χ1) is 7.16. The van der Waals surface area contributed by atoms with E-state index >= 15 is 0 Å². The summed E-state index contributed by atoms with van der Waals surface area (Å²) in [5.74, 6) is -0.397. The first-order valence-electron chi connectivity index (χ1n) is 4.53. The first-order valence-corrected chi connectivity index (χ1v) is 5.30. The lowest BCUT2D eigenvalue weighted by Gasteiger charge is -2.04. The van der Waals surface area contributed by atoms with Crippen LogP contribution in [0.1, 0.15) is 17.3 Å². The van der Waals surface area contributed by atoms with Crippen LogP contribution in [0.3, 0.4) is 0 Å². The molecule has 6 nitrogen and oxygen atoms in total. The van der Waals surface area contributed by atoms with E-state index in [-0.39, 0.29) is 11.4 Å². The van der Waals surface area contributed by atoms with Crippen molar-refractivity contribution in [3.8, 4) is 0 Å². The van der Waals surface area contributed by atoms with E-state index in [0.29, 0.717) is 24.8 Å². The fourth-order valence-corrected chi connectivity index (χ4v) is 1.79. The smallest absolute Gasteiger partial charge is 0.255 e. The van der Waals surface area contributed by atoms with Crippen LogP contribution in [0.15, 0.2) is 0 Å². The van der Waals surface area contributed by atoms with Gasteiger partial charge in [0.2, 0.25) is 0 Å². The van der Waals surface area contributed by atoms with Crippen molar-refractivity contribution in [3.05, 3.63) is 5.56 Å². The normalized spacial score (nSPS) is 10.2. The Bertz CT molecular complexity index is 339. The molecule has 1 heterocycles. The molecular weight excluding hydrogens is 216 g/mol. The Hall–Kier alpha value is -1.34. The van der Waals surface area contributed by atoms with Crippen molar-refractivity contribution < 1.29 is 9.53 Å². The molecule has 0 aliphatic heterocycles. The van der Waals surface area contributed by atoms with Crippen LogP contribution in [0.2, 0.25) is 0 Å². The zero-order chi connectivity index (χ0) is 11.3.